The third kappa shape index (κ3) is 4.33. The van der Waals surface area contributed by atoms with Crippen LogP contribution < -0.4 is 5.32 Å². The van der Waals surface area contributed by atoms with Gasteiger partial charge in [-0.15, -0.1) is 0 Å². The van der Waals surface area contributed by atoms with Crippen molar-refractivity contribution in [3.05, 3.63) is 69.0 Å². The average molecular weight is 442 g/mol. The molecule has 0 fully saturated rings. The molecule has 0 spiro atoms. The molecule has 1 amide bonds. The van der Waals surface area contributed by atoms with E-state index in [9.17, 15) is 50.0 Å². The second kappa shape index (κ2) is 7.54. The molecule has 2 rings (SSSR count). The molecule has 0 saturated heterocycles. The van der Waals surface area contributed by atoms with Crippen LogP contribution in [-0.2, 0) is 11.8 Å². The molecule has 0 heterocycles. The van der Waals surface area contributed by atoms with Crippen LogP contribution in [0.25, 0.3) is 0 Å². The van der Waals surface area contributed by atoms with Crippen molar-refractivity contribution in [1.29, 1.82) is 0 Å². The van der Waals surface area contributed by atoms with Gasteiger partial charge in [0.2, 0.25) is 11.5 Å². The number of anilines is 1. The maximum atomic E-state index is 14.1. The molecule has 0 saturated carbocycles. The zero-order valence-corrected chi connectivity index (χ0v) is 14.7. The quantitative estimate of drug-likeness (QED) is 0.372. The summed E-state index contributed by atoms with van der Waals surface area (Å²) in [5.41, 5.74) is -10.5. The van der Waals surface area contributed by atoms with Crippen molar-refractivity contribution < 1.29 is 44.8 Å². The largest absolute Gasteiger partial charge is 0.426 e. The van der Waals surface area contributed by atoms with E-state index in [4.69, 9.17) is 0 Å². The van der Waals surface area contributed by atoms with Gasteiger partial charge in [0.15, 0.2) is 0 Å². The van der Waals surface area contributed by atoms with Crippen molar-refractivity contribution in [2.24, 2.45) is 0 Å². The summed E-state index contributed by atoms with van der Waals surface area (Å²) < 4.78 is 106. The predicted octanol–water partition coefficient (Wildman–Crippen LogP) is 5.75. The highest BCUT2D eigenvalue weighted by molar-refractivity contribution is 6.05. The Morgan fingerprint density at radius 2 is 1.63 bits per heavy atom. The fourth-order valence-electron chi connectivity index (χ4n) is 2.37. The van der Waals surface area contributed by atoms with Crippen LogP contribution in [0.5, 0.6) is 0 Å². The second-order valence-electron chi connectivity index (χ2n) is 6.11. The number of hydrogen-bond donors (Lipinski definition) is 1. The van der Waals surface area contributed by atoms with E-state index in [-0.39, 0.29) is 13.0 Å². The molecule has 1 unspecified atom stereocenters. The number of hydrogen-bond acceptors (Lipinski definition) is 3. The number of nitro benzene ring substituents is 1. The molecule has 2 aromatic carbocycles. The molecule has 0 aliphatic heterocycles. The highest BCUT2D eigenvalue weighted by Crippen LogP contribution is 2.45. The summed E-state index contributed by atoms with van der Waals surface area (Å²) in [6, 6.07) is 2.98. The number of nitrogens with one attached hydrogen (secondary N) is 1. The summed E-state index contributed by atoms with van der Waals surface area (Å²) in [6.07, 6.45) is -10.8. The van der Waals surface area contributed by atoms with Crippen molar-refractivity contribution in [1.82, 2.24) is 0 Å². The molecule has 30 heavy (non-hydrogen) atoms. The Morgan fingerprint density at radius 3 is 2.13 bits per heavy atom. The van der Waals surface area contributed by atoms with E-state index in [0.29, 0.717) is 18.2 Å². The maximum Gasteiger partial charge on any atom is 0.426 e. The first-order chi connectivity index (χ1) is 13.6. The fourth-order valence-corrected chi connectivity index (χ4v) is 2.37. The fraction of sp³-hybridized carbons (Fsp3) is 0.235. The number of rotatable bonds is 4. The SMILES string of the molecule is CC(F)(c1ccc(NC(=O)c2cccc([N+](=O)[O-])c2F)c(C(F)(F)F)c1)C(F)(F)F. The lowest BCUT2D eigenvalue weighted by molar-refractivity contribution is -0.387. The molecule has 0 radical (unpaired) electrons. The van der Waals surface area contributed by atoms with Gasteiger partial charge < -0.3 is 5.32 Å². The van der Waals surface area contributed by atoms with Crippen LogP contribution in [0.1, 0.15) is 28.4 Å². The minimum Gasteiger partial charge on any atom is -0.321 e. The summed E-state index contributed by atoms with van der Waals surface area (Å²) in [5.74, 6) is -3.16. The van der Waals surface area contributed by atoms with Gasteiger partial charge in [-0.2, -0.15) is 30.7 Å². The Hall–Kier alpha value is -3.25. The van der Waals surface area contributed by atoms with Gasteiger partial charge in [-0.05, 0) is 30.7 Å². The highest BCUT2D eigenvalue weighted by atomic mass is 19.4. The zero-order valence-electron chi connectivity index (χ0n) is 14.7. The van der Waals surface area contributed by atoms with Crippen LogP contribution in [0.3, 0.4) is 0 Å². The number of nitro groups is 1. The average Bonchev–Trinajstić information content (AvgIpc) is 2.59. The molecule has 13 heteroatoms. The van der Waals surface area contributed by atoms with Crippen LogP contribution in [-0.4, -0.2) is 17.0 Å². The number of nitrogens with zero attached hydrogens (tertiary/aromatic N) is 1. The normalized spacial score (nSPS) is 14.2. The zero-order chi connectivity index (χ0) is 23.1. The molecule has 0 aliphatic carbocycles. The molecule has 1 N–H and O–H groups in total. The monoisotopic (exact) mass is 442 g/mol. The van der Waals surface area contributed by atoms with Gasteiger partial charge in [0.1, 0.15) is 0 Å². The molecule has 0 bridgehead atoms. The van der Waals surface area contributed by atoms with E-state index in [1.54, 1.807) is 5.32 Å². The first kappa shape index (κ1) is 23.0. The molecular weight excluding hydrogens is 432 g/mol. The summed E-state index contributed by atoms with van der Waals surface area (Å²) in [4.78, 5) is 21.7. The van der Waals surface area contributed by atoms with Gasteiger partial charge in [0, 0.05) is 6.07 Å². The topological polar surface area (TPSA) is 72.2 Å². The van der Waals surface area contributed by atoms with Crippen molar-refractivity contribution >= 4 is 17.3 Å². The Morgan fingerprint density at radius 1 is 1.03 bits per heavy atom. The molecular formula is C17H10F8N2O3. The van der Waals surface area contributed by atoms with E-state index in [1.807, 2.05) is 0 Å². The van der Waals surface area contributed by atoms with Gasteiger partial charge in [-0.25, -0.2) is 4.39 Å². The minimum absolute atomic E-state index is 0.0270. The van der Waals surface area contributed by atoms with Crippen molar-refractivity contribution in [2.45, 2.75) is 24.9 Å². The Kier molecular flexibility index (Phi) is 5.79. The molecule has 0 aromatic heterocycles. The Labute approximate surface area is 162 Å². The standard InChI is InChI=1S/C17H10F8N2O3/c1-15(19,17(23,24)25)8-5-6-11(10(7-8)16(20,21)22)26-14(28)9-3-2-4-12(13(9)18)27(29)30/h2-7H,1H3,(H,26,28). The van der Waals surface area contributed by atoms with Crippen LogP contribution in [0.4, 0.5) is 46.5 Å². The molecule has 5 nitrogen and oxygen atoms in total. The lowest BCUT2D eigenvalue weighted by atomic mass is 9.94. The third-order valence-corrected chi connectivity index (χ3v) is 4.07. The Bertz CT molecular complexity index is 999. The summed E-state index contributed by atoms with van der Waals surface area (Å²) in [5, 5.41) is 12.3. The van der Waals surface area contributed by atoms with Gasteiger partial charge in [-0.1, -0.05) is 12.1 Å². The van der Waals surface area contributed by atoms with Crippen LogP contribution in [0.15, 0.2) is 36.4 Å². The molecule has 2 aromatic rings. The van der Waals surface area contributed by atoms with Gasteiger partial charge in [0.05, 0.1) is 21.7 Å². The highest BCUT2D eigenvalue weighted by Gasteiger charge is 2.54. The third-order valence-electron chi connectivity index (χ3n) is 4.07. The van der Waals surface area contributed by atoms with E-state index in [2.05, 4.69) is 0 Å². The second-order valence-corrected chi connectivity index (χ2v) is 6.11. The minimum atomic E-state index is -5.52. The molecule has 1 atom stereocenters. The van der Waals surface area contributed by atoms with Crippen LogP contribution in [0.2, 0.25) is 0 Å². The van der Waals surface area contributed by atoms with Crippen molar-refractivity contribution in [2.75, 3.05) is 5.32 Å². The summed E-state index contributed by atoms with van der Waals surface area (Å²) in [6.45, 7) is 0.0270. The first-order valence-electron chi connectivity index (χ1n) is 7.79. The number of amides is 1. The number of halogens is 8. The number of alkyl halides is 7. The Balaban J connectivity index is 2.52. The number of carbonyl (C=O) groups is 1. The first-order valence-corrected chi connectivity index (χ1v) is 7.79. The number of carbonyl (C=O) groups excluding carboxylic acids is 1. The van der Waals surface area contributed by atoms with E-state index in [0.717, 1.165) is 12.1 Å². The van der Waals surface area contributed by atoms with E-state index >= 15 is 0 Å². The lowest BCUT2D eigenvalue weighted by Gasteiger charge is -2.25. The van der Waals surface area contributed by atoms with Gasteiger partial charge in [0.25, 0.3) is 5.91 Å². The van der Waals surface area contributed by atoms with Gasteiger partial charge in [-0.3, -0.25) is 14.9 Å². The van der Waals surface area contributed by atoms with E-state index < -0.39 is 62.7 Å². The summed E-state index contributed by atoms with van der Waals surface area (Å²) in [7, 11) is 0. The van der Waals surface area contributed by atoms with Crippen LogP contribution in [0, 0.1) is 15.9 Å². The van der Waals surface area contributed by atoms with Crippen LogP contribution >= 0.6 is 0 Å². The predicted molar refractivity (Wildman–Crippen MR) is 87.0 cm³/mol. The van der Waals surface area contributed by atoms with Crippen molar-refractivity contribution in [3.63, 3.8) is 0 Å². The molecule has 0 aliphatic rings. The van der Waals surface area contributed by atoms with Gasteiger partial charge >= 0.3 is 18.0 Å². The van der Waals surface area contributed by atoms with Crippen molar-refractivity contribution in [3.8, 4) is 0 Å². The molecule has 162 valence electrons. The van der Waals surface area contributed by atoms with E-state index in [1.165, 1.54) is 0 Å². The lowest BCUT2D eigenvalue weighted by Crippen LogP contribution is -2.35. The summed E-state index contributed by atoms with van der Waals surface area (Å²) >= 11 is 0. The smallest absolute Gasteiger partial charge is 0.321 e. The maximum absolute atomic E-state index is 14.1. The number of benzene rings is 2.